The van der Waals surface area contributed by atoms with Gasteiger partial charge < -0.3 is 10.1 Å². The van der Waals surface area contributed by atoms with E-state index in [2.05, 4.69) is 5.32 Å². The largest absolute Gasteiger partial charge is 0.455 e. The Kier molecular flexibility index (Phi) is 6.85. The van der Waals surface area contributed by atoms with E-state index in [-0.39, 0.29) is 23.4 Å². The highest BCUT2D eigenvalue weighted by Crippen LogP contribution is 2.23. The molecule has 3 rings (SSSR count). The lowest BCUT2D eigenvalue weighted by atomic mass is 9.95. The molecule has 0 unspecified atom stereocenters. The number of anilines is 1. The van der Waals surface area contributed by atoms with Crippen LogP contribution in [-0.2, 0) is 24.3 Å². The molecule has 1 aliphatic heterocycles. The molecule has 0 bridgehead atoms. The summed E-state index contributed by atoms with van der Waals surface area (Å²) in [5, 5.41) is 2.60. The van der Waals surface area contributed by atoms with E-state index in [0.29, 0.717) is 25.2 Å². The minimum absolute atomic E-state index is 0.151. The van der Waals surface area contributed by atoms with Crippen molar-refractivity contribution in [1.29, 1.82) is 0 Å². The van der Waals surface area contributed by atoms with Gasteiger partial charge in [0.15, 0.2) is 6.61 Å². The molecule has 1 aromatic carbocycles. The van der Waals surface area contributed by atoms with Crippen LogP contribution in [-0.4, -0.2) is 44.3 Å². The van der Waals surface area contributed by atoms with Crippen molar-refractivity contribution in [3.8, 4) is 0 Å². The summed E-state index contributed by atoms with van der Waals surface area (Å²) >= 11 is 0. The number of nitrogens with one attached hydrogen (secondary N) is 1. The maximum absolute atomic E-state index is 12.8. The molecule has 8 heteroatoms. The summed E-state index contributed by atoms with van der Waals surface area (Å²) in [6.45, 7) is 0.651. The zero-order valence-corrected chi connectivity index (χ0v) is 16.6. The number of ether oxygens (including phenoxy) is 1. The van der Waals surface area contributed by atoms with Crippen LogP contribution in [0.25, 0.3) is 0 Å². The van der Waals surface area contributed by atoms with Crippen LogP contribution in [0.5, 0.6) is 0 Å². The minimum Gasteiger partial charge on any atom is -0.455 e. The maximum atomic E-state index is 12.8. The molecule has 1 atom stereocenters. The number of allylic oxidation sites excluding steroid dienone is 2. The van der Waals surface area contributed by atoms with E-state index < -0.39 is 15.9 Å². The minimum atomic E-state index is -3.57. The number of nitrogens with zero attached hydrogens (tertiary/aromatic N) is 1. The molecule has 1 amide bonds. The zero-order valence-electron chi connectivity index (χ0n) is 15.8. The average molecular weight is 407 g/mol. The molecule has 0 aromatic heterocycles. The number of sulfonamides is 1. The molecule has 2 aliphatic rings. The van der Waals surface area contributed by atoms with Gasteiger partial charge in [-0.1, -0.05) is 24.6 Å². The number of hydrogen-bond acceptors (Lipinski definition) is 5. The summed E-state index contributed by atoms with van der Waals surface area (Å²) in [7, 11) is -3.57. The van der Waals surface area contributed by atoms with Crippen molar-refractivity contribution < 1.29 is 22.7 Å². The predicted octanol–water partition coefficient (Wildman–Crippen LogP) is 2.70. The predicted molar refractivity (Wildman–Crippen MR) is 105 cm³/mol. The van der Waals surface area contributed by atoms with E-state index in [1.54, 1.807) is 12.1 Å². The van der Waals surface area contributed by atoms with Gasteiger partial charge in [-0.2, -0.15) is 4.31 Å². The average Bonchev–Trinajstić information content (AvgIpc) is 2.73. The van der Waals surface area contributed by atoms with Gasteiger partial charge in [0.1, 0.15) is 0 Å². The quantitative estimate of drug-likeness (QED) is 0.579. The van der Waals surface area contributed by atoms with Crippen molar-refractivity contribution in [2.75, 3.05) is 25.0 Å². The summed E-state index contributed by atoms with van der Waals surface area (Å²) in [6.07, 6.45) is 8.94. The fraction of sp³-hybridized carbons (Fsp3) is 0.500. The number of rotatable bonds is 6. The van der Waals surface area contributed by atoms with Crippen LogP contribution >= 0.6 is 0 Å². The Labute approximate surface area is 165 Å². The van der Waals surface area contributed by atoms with Crippen LogP contribution in [0.1, 0.15) is 38.5 Å². The van der Waals surface area contributed by atoms with Crippen molar-refractivity contribution in [3.63, 3.8) is 0 Å². The number of benzene rings is 1. The number of hydrogen-bond donors (Lipinski definition) is 1. The monoisotopic (exact) mass is 406 g/mol. The third-order valence-electron chi connectivity index (χ3n) is 5.02. The van der Waals surface area contributed by atoms with Crippen LogP contribution in [0.3, 0.4) is 0 Å². The molecule has 7 nitrogen and oxygen atoms in total. The normalized spacial score (nSPS) is 20.5. The fourth-order valence-corrected chi connectivity index (χ4v) is 5.01. The van der Waals surface area contributed by atoms with Crippen LogP contribution in [0.15, 0.2) is 41.3 Å². The van der Waals surface area contributed by atoms with Crippen molar-refractivity contribution in [2.45, 2.75) is 43.4 Å². The van der Waals surface area contributed by atoms with Crippen molar-refractivity contribution in [1.82, 2.24) is 4.31 Å². The Bertz CT molecular complexity index is 844. The van der Waals surface area contributed by atoms with E-state index in [1.165, 1.54) is 16.4 Å². The smallest absolute Gasteiger partial charge is 0.309 e. The molecule has 0 saturated carbocycles. The summed E-state index contributed by atoms with van der Waals surface area (Å²) in [4.78, 5) is 24.2. The molecule has 1 aliphatic carbocycles. The van der Waals surface area contributed by atoms with Gasteiger partial charge in [-0.05, 0) is 50.3 Å². The first-order chi connectivity index (χ1) is 13.5. The van der Waals surface area contributed by atoms with Crippen LogP contribution in [0, 0.1) is 5.92 Å². The first-order valence-electron chi connectivity index (χ1n) is 9.68. The lowest BCUT2D eigenvalue weighted by Crippen LogP contribution is -2.35. The van der Waals surface area contributed by atoms with E-state index in [9.17, 15) is 18.0 Å². The first-order valence-corrected chi connectivity index (χ1v) is 11.1. The first kappa shape index (κ1) is 20.5. The standard InChI is InChI=1S/C20H26N2O5S/c23-19(15-27-20(24)16-8-3-1-4-9-16)21-17-10-7-11-18(14-17)28(25,26)22-12-5-2-6-13-22/h1,3,7,10-11,14,16H,2,4-6,8-9,12-13,15H2,(H,21,23)/t16-/m0/s1. The van der Waals surface area contributed by atoms with Crippen LogP contribution < -0.4 is 5.32 Å². The van der Waals surface area contributed by atoms with Gasteiger partial charge in [0.25, 0.3) is 5.91 Å². The molecule has 1 aromatic rings. The number of esters is 1. The summed E-state index contributed by atoms with van der Waals surface area (Å²) in [5.74, 6) is -1.07. The summed E-state index contributed by atoms with van der Waals surface area (Å²) < 4.78 is 32.1. The highest BCUT2D eigenvalue weighted by Gasteiger charge is 2.26. The Morgan fingerprint density at radius 1 is 1.14 bits per heavy atom. The van der Waals surface area contributed by atoms with Crippen LogP contribution in [0.4, 0.5) is 5.69 Å². The number of amides is 1. The van der Waals surface area contributed by atoms with E-state index >= 15 is 0 Å². The van der Waals surface area contributed by atoms with Gasteiger partial charge in [-0.3, -0.25) is 9.59 Å². The Balaban J connectivity index is 1.57. The van der Waals surface area contributed by atoms with E-state index in [0.717, 1.165) is 32.1 Å². The molecule has 1 fully saturated rings. The second-order valence-corrected chi connectivity index (χ2v) is 9.07. The summed E-state index contributed by atoms with van der Waals surface area (Å²) in [5.41, 5.74) is 0.361. The fourth-order valence-electron chi connectivity index (χ4n) is 3.45. The highest BCUT2D eigenvalue weighted by atomic mass is 32.2. The van der Waals surface area contributed by atoms with Crippen molar-refractivity contribution >= 4 is 27.6 Å². The Morgan fingerprint density at radius 2 is 1.93 bits per heavy atom. The van der Waals surface area contributed by atoms with Gasteiger partial charge >= 0.3 is 5.97 Å². The summed E-state index contributed by atoms with van der Waals surface area (Å²) in [6, 6.07) is 6.17. The molecular formula is C20H26N2O5S. The van der Waals surface area contributed by atoms with Gasteiger partial charge in [0.2, 0.25) is 10.0 Å². The Morgan fingerprint density at radius 3 is 2.64 bits per heavy atom. The topological polar surface area (TPSA) is 92.8 Å². The van der Waals surface area contributed by atoms with Crippen molar-refractivity contribution in [3.05, 3.63) is 36.4 Å². The zero-order chi connectivity index (χ0) is 20.0. The molecular weight excluding hydrogens is 380 g/mol. The highest BCUT2D eigenvalue weighted by molar-refractivity contribution is 7.89. The molecule has 1 N–H and O–H groups in total. The molecule has 152 valence electrons. The SMILES string of the molecule is O=C(COC(=O)[C@H]1CC=CCC1)Nc1cccc(S(=O)(=O)N2CCCCC2)c1. The lowest BCUT2D eigenvalue weighted by molar-refractivity contribution is -0.151. The Hall–Kier alpha value is -2.19. The lowest BCUT2D eigenvalue weighted by Gasteiger charge is -2.26. The van der Waals surface area contributed by atoms with Gasteiger partial charge in [0, 0.05) is 18.8 Å². The van der Waals surface area contributed by atoms with Gasteiger partial charge in [-0.15, -0.1) is 0 Å². The van der Waals surface area contributed by atoms with Crippen LogP contribution in [0.2, 0.25) is 0 Å². The van der Waals surface area contributed by atoms with E-state index in [1.807, 2.05) is 12.2 Å². The second kappa shape index (κ2) is 9.34. The maximum Gasteiger partial charge on any atom is 0.309 e. The molecule has 28 heavy (non-hydrogen) atoms. The number of piperidine rings is 1. The van der Waals surface area contributed by atoms with Gasteiger partial charge in [0.05, 0.1) is 10.8 Å². The van der Waals surface area contributed by atoms with Gasteiger partial charge in [-0.25, -0.2) is 8.42 Å². The second-order valence-electron chi connectivity index (χ2n) is 7.13. The third-order valence-corrected chi connectivity index (χ3v) is 6.91. The number of carbonyl (C=O) groups is 2. The molecule has 0 spiro atoms. The van der Waals surface area contributed by atoms with Crippen molar-refractivity contribution in [2.24, 2.45) is 5.92 Å². The number of carbonyl (C=O) groups excluding carboxylic acids is 2. The molecule has 1 saturated heterocycles. The van der Waals surface area contributed by atoms with E-state index in [4.69, 9.17) is 4.74 Å². The third kappa shape index (κ3) is 5.20. The molecule has 1 heterocycles. The molecule has 0 radical (unpaired) electrons.